The van der Waals surface area contributed by atoms with Crippen molar-refractivity contribution >= 4 is 51.3 Å². The molecule has 1 aliphatic carbocycles. The minimum absolute atomic E-state index is 0.0233. The second-order valence-electron chi connectivity index (χ2n) is 10.3. The number of aliphatic imine (C=N–C) groups is 1. The van der Waals surface area contributed by atoms with Gasteiger partial charge in [0.05, 0.1) is 23.3 Å². The number of nitrogen functional groups attached to an aromatic ring is 1. The van der Waals surface area contributed by atoms with Gasteiger partial charge in [0, 0.05) is 52.2 Å². The van der Waals surface area contributed by atoms with Crippen LogP contribution in [0.4, 0.5) is 10.2 Å². The van der Waals surface area contributed by atoms with Crippen molar-refractivity contribution < 1.29 is 8.91 Å². The minimum Gasteiger partial charge on any atom is -0.380 e. The van der Waals surface area contributed by atoms with Crippen LogP contribution in [0.3, 0.4) is 0 Å². The Hall–Kier alpha value is -4.28. The number of nitrogens with zero attached hydrogens (tertiary/aromatic N) is 6. The van der Waals surface area contributed by atoms with E-state index in [1.807, 2.05) is 16.7 Å². The largest absolute Gasteiger partial charge is 0.380 e. The second-order valence-corrected chi connectivity index (χ2v) is 11.1. The maximum Gasteiger partial charge on any atom is 0.251 e. The van der Waals surface area contributed by atoms with Crippen LogP contribution in [0.5, 0.6) is 0 Å². The van der Waals surface area contributed by atoms with Gasteiger partial charge in [-0.3, -0.25) is 9.79 Å². The molecule has 1 fully saturated rings. The van der Waals surface area contributed by atoms with Crippen LogP contribution in [0.25, 0.3) is 33.4 Å². The molecule has 5 aromatic rings. The molecule has 0 unspecified atom stereocenters. The van der Waals surface area contributed by atoms with Crippen LogP contribution in [-0.2, 0) is 0 Å². The van der Waals surface area contributed by atoms with Crippen LogP contribution in [0.15, 0.2) is 69.2 Å². The molecule has 12 heteroatoms. The molecule has 8 rings (SSSR count). The third-order valence-corrected chi connectivity index (χ3v) is 8.45. The second kappa shape index (κ2) is 8.36. The molecule has 0 bridgehead atoms. The van der Waals surface area contributed by atoms with Crippen LogP contribution < -0.4 is 11.3 Å². The van der Waals surface area contributed by atoms with Gasteiger partial charge < -0.3 is 14.8 Å². The summed E-state index contributed by atoms with van der Waals surface area (Å²) < 4.78 is 23.8. The molecule has 1 saturated carbocycles. The molecular formula is C28H18Cl2FN7O2. The predicted molar refractivity (Wildman–Crippen MR) is 149 cm³/mol. The van der Waals surface area contributed by atoms with Gasteiger partial charge in [0.25, 0.3) is 5.56 Å². The molecule has 0 amide bonds. The Balaban J connectivity index is 1.14. The zero-order valence-electron chi connectivity index (χ0n) is 20.6. The van der Waals surface area contributed by atoms with E-state index < -0.39 is 5.82 Å². The summed E-state index contributed by atoms with van der Waals surface area (Å²) in [6.45, 7) is 0. The van der Waals surface area contributed by atoms with Gasteiger partial charge in [0.1, 0.15) is 0 Å². The van der Waals surface area contributed by atoms with E-state index in [0.717, 1.165) is 34.5 Å². The number of anilines is 1. The number of nitrogens with two attached hydrogens (primary N) is 1. The molecule has 0 radical (unpaired) electrons. The zero-order chi connectivity index (χ0) is 27.3. The molecule has 2 aromatic carbocycles. The highest BCUT2D eigenvalue weighted by molar-refractivity contribution is 6.31. The molecule has 2 aliphatic heterocycles. The van der Waals surface area contributed by atoms with Crippen molar-refractivity contribution in [2.45, 2.75) is 24.8 Å². The van der Waals surface area contributed by atoms with Gasteiger partial charge in [-0.1, -0.05) is 39.6 Å². The van der Waals surface area contributed by atoms with Crippen LogP contribution in [0.1, 0.15) is 36.1 Å². The van der Waals surface area contributed by atoms with Gasteiger partial charge in [-0.2, -0.15) is 0 Å². The van der Waals surface area contributed by atoms with E-state index in [2.05, 4.69) is 20.5 Å². The number of fused-ring (bicyclic) bond motifs is 4. The number of hydrogen-bond donors (Lipinski definition) is 1. The van der Waals surface area contributed by atoms with E-state index in [9.17, 15) is 4.79 Å². The molecule has 9 nitrogen and oxygen atoms in total. The van der Waals surface area contributed by atoms with Gasteiger partial charge in [-0.05, 0) is 53.8 Å². The number of pyridine rings is 1. The maximum atomic E-state index is 15.3. The fourth-order valence-electron chi connectivity index (χ4n) is 6.16. The average Bonchev–Trinajstić information content (AvgIpc) is 3.29. The molecule has 0 saturated heterocycles. The number of rotatable bonds is 4. The quantitative estimate of drug-likeness (QED) is 0.290. The van der Waals surface area contributed by atoms with Gasteiger partial charge in [-0.15, -0.1) is 5.10 Å². The first-order chi connectivity index (χ1) is 19.4. The Kier molecular flexibility index (Phi) is 4.93. The number of halogens is 3. The Labute approximate surface area is 235 Å². The fraction of sp³-hybridized carbons (Fsp3) is 0.179. The third-order valence-electron chi connectivity index (χ3n) is 8.04. The van der Waals surface area contributed by atoms with Gasteiger partial charge >= 0.3 is 0 Å². The topological polar surface area (TPSA) is 117 Å². The molecule has 3 aromatic heterocycles. The summed E-state index contributed by atoms with van der Waals surface area (Å²) in [7, 11) is 0. The monoisotopic (exact) mass is 573 g/mol. The summed E-state index contributed by atoms with van der Waals surface area (Å²) in [6.07, 6.45) is 4.66. The van der Waals surface area contributed by atoms with Gasteiger partial charge in [0.15, 0.2) is 16.8 Å². The summed E-state index contributed by atoms with van der Waals surface area (Å²) in [5, 5.41) is 12.8. The molecule has 3 atom stereocenters. The summed E-state index contributed by atoms with van der Waals surface area (Å²) in [5.41, 5.74) is 10.8. The highest BCUT2D eigenvalue weighted by Crippen LogP contribution is 2.60. The van der Waals surface area contributed by atoms with E-state index in [1.165, 1.54) is 0 Å². The first kappa shape index (κ1) is 23.6. The van der Waals surface area contributed by atoms with Crippen molar-refractivity contribution in [3.63, 3.8) is 0 Å². The number of benzene rings is 2. The number of aromatic nitrogens is 5. The standard InChI is InChI=1S/C28H18Cl2FN7O2/c29-14-1-4-21(37-11-23(30)34-36-37)17(8-14)12-6-22-18-9-19(18)26(38(22)24(39)7-12)20-5-13(10-33-20)15-2-3-16-27(25(15)31)40-35-28(16)32/h1-4,6-8,10-11,18-19,26H,5,9H2,(H2,32,35)/t18-,19+,26+/m1/s1. The maximum absolute atomic E-state index is 15.3. The lowest BCUT2D eigenvalue weighted by molar-refractivity contribution is 0.443. The van der Waals surface area contributed by atoms with Crippen molar-refractivity contribution in [2.75, 3.05) is 5.73 Å². The molecule has 0 spiro atoms. The fourth-order valence-corrected chi connectivity index (χ4v) is 6.46. The smallest absolute Gasteiger partial charge is 0.251 e. The van der Waals surface area contributed by atoms with Gasteiger partial charge in [-0.25, -0.2) is 9.07 Å². The first-order valence-corrected chi connectivity index (χ1v) is 13.4. The zero-order valence-corrected chi connectivity index (χ0v) is 22.1. The summed E-state index contributed by atoms with van der Waals surface area (Å²) in [4.78, 5) is 18.3. The van der Waals surface area contributed by atoms with Crippen molar-refractivity contribution in [1.82, 2.24) is 24.7 Å². The predicted octanol–water partition coefficient (Wildman–Crippen LogP) is 5.81. The van der Waals surface area contributed by atoms with Crippen molar-refractivity contribution in [1.29, 1.82) is 0 Å². The van der Waals surface area contributed by atoms with Crippen LogP contribution in [-0.4, -0.2) is 30.4 Å². The SMILES string of the molecule is Nc1noc2c(F)c(C3=CN=C([C@@H]4[C@H]5C[C@H]5c5cc(-c6cc(Cl)ccc6-n6cc(Cl)nn6)cc(=O)n54)C3)ccc12. The lowest BCUT2D eigenvalue weighted by Gasteiger charge is -2.20. The highest BCUT2D eigenvalue weighted by Gasteiger charge is 2.54. The Morgan fingerprint density at radius 1 is 1.10 bits per heavy atom. The molecular weight excluding hydrogens is 556 g/mol. The van der Waals surface area contributed by atoms with E-state index >= 15 is 4.39 Å². The molecule has 40 heavy (non-hydrogen) atoms. The molecule has 198 valence electrons. The summed E-state index contributed by atoms with van der Waals surface area (Å²) in [5.74, 6) is 0.143. The van der Waals surface area contributed by atoms with E-state index in [4.69, 9.17) is 33.5 Å². The van der Waals surface area contributed by atoms with Crippen LogP contribution in [0, 0.1) is 11.7 Å². The Morgan fingerprint density at radius 3 is 2.80 bits per heavy atom. The average molecular weight is 574 g/mol. The minimum atomic E-state index is -0.520. The lowest BCUT2D eigenvalue weighted by atomic mass is 9.97. The van der Waals surface area contributed by atoms with Crippen molar-refractivity contribution in [3.05, 3.63) is 92.5 Å². The molecule has 2 N–H and O–H groups in total. The first-order valence-electron chi connectivity index (χ1n) is 12.6. The van der Waals surface area contributed by atoms with Crippen molar-refractivity contribution in [3.8, 4) is 16.8 Å². The number of allylic oxidation sites excluding steroid dienone is 1. The third kappa shape index (κ3) is 3.42. The Morgan fingerprint density at radius 2 is 1.98 bits per heavy atom. The Bertz CT molecular complexity index is 2020. The van der Waals surface area contributed by atoms with E-state index in [-0.39, 0.29) is 40.0 Å². The molecule has 3 aliphatic rings. The summed E-state index contributed by atoms with van der Waals surface area (Å²) >= 11 is 12.4. The highest BCUT2D eigenvalue weighted by atomic mass is 35.5. The number of hydrogen-bond acceptors (Lipinski definition) is 7. The van der Waals surface area contributed by atoms with Crippen molar-refractivity contribution in [2.24, 2.45) is 10.9 Å². The molecule has 5 heterocycles. The van der Waals surface area contributed by atoms with E-state index in [0.29, 0.717) is 28.1 Å². The summed E-state index contributed by atoms with van der Waals surface area (Å²) in [6, 6.07) is 12.2. The van der Waals surface area contributed by atoms with Crippen LogP contribution in [0.2, 0.25) is 10.2 Å². The van der Waals surface area contributed by atoms with Gasteiger partial charge in [0.2, 0.25) is 5.58 Å². The lowest BCUT2D eigenvalue weighted by Crippen LogP contribution is -2.29. The van der Waals surface area contributed by atoms with E-state index in [1.54, 1.807) is 47.4 Å². The normalized spacial score (nSPS) is 20.9. The van der Waals surface area contributed by atoms with Crippen LogP contribution >= 0.6 is 23.2 Å².